The number of aryl methyl sites for hydroxylation is 1. The van der Waals surface area contributed by atoms with Crippen LogP contribution in [-0.2, 0) is 5.88 Å². The first-order valence-electron chi connectivity index (χ1n) is 3.05. The lowest BCUT2D eigenvalue weighted by Crippen LogP contribution is -1.82. The Labute approximate surface area is 79.7 Å². The summed E-state index contributed by atoms with van der Waals surface area (Å²) in [6, 6.07) is 6.27. The molecule has 10 heavy (non-hydrogen) atoms. The lowest BCUT2D eigenvalue weighted by Gasteiger charge is -1.99. The largest absolute Gasteiger partial charge is 0.122 e. The van der Waals surface area contributed by atoms with E-state index in [0.717, 1.165) is 0 Å². The molecule has 0 saturated carbocycles. The number of rotatable bonds is 1. The van der Waals surface area contributed by atoms with Crippen LogP contribution in [0.3, 0.4) is 0 Å². The molecule has 0 fully saturated rings. The Morgan fingerprint density at radius 2 is 2.20 bits per heavy atom. The average molecular weight is 267 g/mol. The van der Waals surface area contributed by atoms with Crippen LogP contribution in [0.25, 0.3) is 0 Å². The van der Waals surface area contributed by atoms with Crippen molar-refractivity contribution in [1.82, 2.24) is 0 Å². The number of halogens is 2. The fourth-order valence-electron chi connectivity index (χ4n) is 0.790. The van der Waals surface area contributed by atoms with Crippen molar-refractivity contribution < 1.29 is 0 Å². The molecular formula is C8H8ClI. The van der Waals surface area contributed by atoms with E-state index in [2.05, 4.69) is 47.7 Å². The van der Waals surface area contributed by atoms with E-state index in [1.54, 1.807) is 0 Å². The summed E-state index contributed by atoms with van der Waals surface area (Å²) in [5, 5.41) is 0. The normalized spacial score (nSPS) is 9.90. The molecule has 0 bridgehead atoms. The Morgan fingerprint density at radius 1 is 1.50 bits per heavy atom. The summed E-state index contributed by atoms with van der Waals surface area (Å²) in [4.78, 5) is 0. The quantitative estimate of drug-likeness (QED) is 0.540. The minimum Gasteiger partial charge on any atom is -0.122 e. The van der Waals surface area contributed by atoms with Gasteiger partial charge in [-0.1, -0.05) is 12.1 Å². The molecule has 1 aromatic rings. The van der Waals surface area contributed by atoms with E-state index in [1.807, 2.05) is 0 Å². The van der Waals surface area contributed by atoms with Crippen molar-refractivity contribution in [3.8, 4) is 0 Å². The van der Waals surface area contributed by atoms with Gasteiger partial charge in [0.15, 0.2) is 0 Å². The van der Waals surface area contributed by atoms with Crippen molar-refractivity contribution in [3.05, 3.63) is 32.9 Å². The third-order valence-corrected chi connectivity index (χ3v) is 2.90. The molecule has 1 aromatic carbocycles. The highest BCUT2D eigenvalue weighted by molar-refractivity contribution is 14.1. The zero-order valence-electron chi connectivity index (χ0n) is 5.70. The van der Waals surface area contributed by atoms with Crippen LogP contribution in [0.5, 0.6) is 0 Å². The lowest BCUT2D eigenvalue weighted by atomic mass is 10.2. The standard InChI is InChI=1S/C8H8ClI/c1-6-4-7(5-9)2-3-8(6)10/h2-4H,5H2,1H3. The minimum atomic E-state index is 0.609. The highest BCUT2D eigenvalue weighted by Gasteiger charge is 1.94. The SMILES string of the molecule is Cc1cc(CCl)ccc1I. The summed E-state index contributed by atoms with van der Waals surface area (Å²) >= 11 is 7.96. The third kappa shape index (κ3) is 1.86. The maximum atomic E-state index is 5.65. The van der Waals surface area contributed by atoms with E-state index in [-0.39, 0.29) is 0 Å². The molecule has 2 heteroatoms. The summed E-state index contributed by atoms with van der Waals surface area (Å²) in [5.41, 5.74) is 2.50. The summed E-state index contributed by atoms with van der Waals surface area (Å²) in [5.74, 6) is 0.609. The van der Waals surface area contributed by atoms with Gasteiger partial charge in [-0.25, -0.2) is 0 Å². The van der Waals surface area contributed by atoms with Crippen molar-refractivity contribution >= 4 is 34.2 Å². The molecule has 0 heterocycles. The number of hydrogen-bond acceptors (Lipinski definition) is 0. The topological polar surface area (TPSA) is 0 Å². The van der Waals surface area contributed by atoms with Crippen LogP contribution in [0.2, 0.25) is 0 Å². The van der Waals surface area contributed by atoms with Crippen LogP contribution >= 0.6 is 34.2 Å². The predicted octanol–water partition coefficient (Wildman–Crippen LogP) is 3.34. The second-order valence-corrected chi connectivity index (χ2v) is 3.65. The Morgan fingerprint density at radius 3 is 2.70 bits per heavy atom. The van der Waals surface area contributed by atoms with E-state index < -0.39 is 0 Å². The van der Waals surface area contributed by atoms with Crippen LogP contribution in [0.15, 0.2) is 18.2 Å². The molecule has 0 saturated heterocycles. The van der Waals surface area contributed by atoms with Gasteiger partial charge in [0.1, 0.15) is 0 Å². The first kappa shape index (κ1) is 8.34. The van der Waals surface area contributed by atoms with Crippen LogP contribution in [0, 0.1) is 10.5 Å². The van der Waals surface area contributed by atoms with Gasteiger partial charge in [0.25, 0.3) is 0 Å². The number of hydrogen-bond donors (Lipinski definition) is 0. The molecule has 1 rings (SSSR count). The number of alkyl halides is 1. The maximum absolute atomic E-state index is 5.65. The fourth-order valence-corrected chi connectivity index (χ4v) is 1.29. The third-order valence-electron chi connectivity index (χ3n) is 1.38. The summed E-state index contributed by atoms with van der Waals surface area (Å²) < 4.78 is 1.30. The zero-order chi connectivity index (χ0) is 7.56. The van der Waals surface area contributed by atoms with E-state index in [9.17, 15) is 0 Å². The summed E-state index contributed by atoms with van der Waals surface area (Å²) in [6.07, 6.45) is 0. The molecule has 0 amide bonds. The second kappa shape index (κ2) is 3.58. The first-order valence-corrected chi connectivity index (χ1v) is 4.66. The lowest BCUT2D eigenvalue weighted by molar-refractivity contribution is 1.32. The molecule has 0 unspecified atom stereocenters. The molecule has 0 aliphatic heterocycles. The van der Waals surface area contributed by atoms with Gasteiger partial charge in [-0.2, -0.15) is 0 Å². The average Bonchev–Trinajstić information content (AvgIpc) is 1.95. The molecule has 54 valence electrons. The highest BCUT2D eigenvalue weighted by Crippen LogP contribution is 2.14. The summed E-state index contributed by atoms with van der Waals surface area (Å²) in [6.45, 7) is 2.10. The Balaban J connectivity index is 3.04. The molecule has 0 aliphatic rings. The van der Waals surface area contributed by atoms with Crippen molar-refractivity contribution in [2.75, 3.05) is 0 Å². The molecule has 0 radical (unpaired) electrons. The van der Waals surface area contributed by atoms with E-state index in [1.165, 1.54) is 14.7 Å². The van der Waals surface area contributed by atoms with Crippen LogP contribution < -0.4 is 0 Å². The van der Waals surface area contributed by atoms with Gasteiger partial charge in [0, 0.05) is 9.45 Å². The predicted molar refractivity (Wildman–Crippen MR) is 53.5 cm³/mol. The summed E-state index contributed by atoms with van der Waals surface area (Å²) in [7, 11) is 0. The van der Waals surface area contributed by atoms with Gasteiger partial charge in [-0.05, 0) is 46.7 Å². The molecule has 0 N–H and O–H groups in total. The molecule has 0 aliphatic carbocycles. The molecule has 0 atom stereocenters. The van der Waals surface area contributed by atoms with Crippen LogP contribution in [-0.4, -0.2) is 0 Å². The highest BCUT2D eigenvalue weighted by atomic mass is 127. The second-order valence-electron chi connectivity index (χ2n) is 2.22. The monoisotopic (exact) mass is 266 g/mol. The Hall–Kier alpha value is 0.240. The van der Waals surface area contributed by atoms with Crippen molar-refractivity contribution in [1.29, 1.82) is 0 Å². The van der Waals surface area contributed by atoms with Gasteiger partial charge in [0.05, 0.1) is 0 Å². The maximum Gasteiger partial charge on any atom is 0.0474 e. The molecule has 0 spiro atoms. The minimum absolute atomic E-state index is 0.609. The fraction of sp³-hybridized carbons (Fsp3) is 0.250. The van der Waals surface area contributed by atoms with Crippen molar-refractivity contribution in [2.24, 2.45) is 0 Å². The zero-order valence-corrected chi connectivity index (χ0v) is 8.61. The van der Waals surface area contributed by atoms with Crippen molar-refractivity contribution in [3.63, 3.8) is 0 Å². The van der Waals surface area contributed by atoms with Crippen molar-refractivity contribution in [2.45, 2.75) is 12.8 Å². The van der Waals surface area contributed by atoms with Gasteiger partial charge in [-0.3, -0.25) is 0 Å². The Kier molecular flexibility index (Phi) is 2.98. The van der Waals surface area contributed by atoms with Gasteiger partial charge < -0.3 is 0 Å². The first-order chi connectivity index (χ1) is 4.74. The van der Waals surface area contributed by atoms with Gasteiger partial charge in [-0.15, -0.1) is 11.6 Å². The molecule has 0 nitrogen and oxygen atoms in total. The van der Waals surface area contributed by atoms with Crippen LogP contribution in [0.1, 0.15) is 11.1 Å². The number of benzene rings is 1. The van der Waals surface area contributed by atoms with Gasteiger partial charge >= 0.3 is 0 Å². The van der Waals surface area contributed by atoms with Crippen LogP contribution in [0.4, 0.5) is 0 Å². The molecular weight excluding hydrogens is 258 g/mol. The van der Waals surface area contributed by atoms with E-state index in [0.29, 0.717) is 5.88 Å². The van der Waals surface area contributed by atoms with E-state index >= 15 is 0 Å². The van der Waals surface area contributed by atoms with E-state index in [4.69, 9.17) is 11.6 Å². The smallest absolute Gasteiger partial charge is 0.0474 e. The Bertz CT molecular complexity index is 233. The van der Waals surface area contributed by atoms with Gasteiger partial charge in [0.2, 0.25) is 0 Å². The molecule has 0 aromatic heterocycles.